The molecular weight excluding hydrogens is 338 g/mol. The largest absolute Gasteiger partial charge is 0.487 e. The second-order valence-corrected chi connectivity index (χ2v) is 6.19. The smallest absolute Gasteiger partial charge is 0.335 e. The molecule has 0 radical (unpaired) electrons. The lowest BCUT2D eigenvalue weighted by Crippen LogP contribution is -1.98. The van der Waals surface area contributed by atoms with Gasteiger partial charge in [-0.05, 0) is 47.5 Å². The standard InChI is InChI=1S/C23H17NO3/c25-23(26)19-7-5-16(6-8-19)17-10-13-21(14-11-17)27-15-20-12-9-18-3-1-2-4-22(18)24-20/h1-14H,15H2,(H,25,26). The van der Waals surface area contributed by atoms with Gasteiger partial charge in [-0.1, -0.05) is 48.5 Å². The lowest BCUT2D eigenvalue weighted by Gasteiger charge is -2.08. The molecule has 4 heteroatoms. The zero-order chi connectivity index (χ0) is 18.6. The van der Waals surface area contributed by atoms with Gasteiger partial charge < -0.3 is 9.84 Å². The maximum atomic E-state index is 10.9. The van der Waals surface area contributed by atoms with E-state index < -0.39 is 5.97 Å². The summed E-state index contributed by atoms with van der Waals surface area (Å²) in [5, 5.41) is 10.1. The second-order valence-electron chi connectivity index (χ2n) is 6.19. The molecule has 4 aromatic rings. The average molecular weight is 355 g/mol. The zero-order valence-electron chi connectivity index (χ0n) is 14.5. The van der Waals surface area contributed by atoms with Crippen LogP contribution in [0.3, 0.4) is 0 Å². The molecule has 0 unspecified atom stereocenters. The molecule has 0 saturated heterocycles. The molecular formula is C23H17NO3. The lowest BCUT2D eigenvalue weighted by atomic mass is 10.0. The number of carboxylic acids is 1. The van der Waals surface area contributed by atoms with Crippen molar-refractivity contribution in [2.75, 3.05) is 0 Å². The van der Waals surface area contributed by atoms with Gasteiger partial charge in [-0.25, -0.2) is 9.78 Å². The van der Waals surface area contributed by atoms with E-state index in [1.165, 1.54) is 0 Å². The van der Waals surface area contributed by atoms with E-state index in [0.717, 1.165) is 33.5 Å². The van der Waals surface area contributed by atoms with Gasteiger partial charge in [0.2, 0.25) is 0 Å². The van der Waals surface area contributed by atoms with E-state index in [2.05, 4.69) is 4.98 Å². The monoisotopic (exact) mass is 355 g/mol. The molecule has 4 nitrogen and oxygen atoms in total. The topological polar surface area (TPSA) is 59.4 Å². The highest BCUT2D eigenvalue weighted by Gasteiger charge is 2.04. The van der Waals surface area contributed by atoms with Crippen LogP contribution in [-0.4, -0.2) is 16.1 Å². The minimum atomic E-state index is -0.924. The van der Waals surface area contributed by atoms with Crippen LogP contribution in [0.25, 0.3) is 22.0 Å². The fourth-order valence-electron chi connectivity index (χ4n) is 2.89. The molecule has 27 heavy (non-hydrogen) atoms. The highest BCUT2D eigenvalue weighted by atomic mass is 16.5. The number of benzene rings is 3. The van der Waals surface area contributed by atoms with Crippen LogP contribution in [0.4, 0.5) is 0 Å². The third-order valence-corrected chi connectivity index (χ3v) is 4.36. The summed E-state index contributed by atoms with van der Waals surface area (Å²) in [5.74, 6) is -0.163. The lowest BCUT2D eigenvalue weighted by molar-refractivity contribution is 0.0697. The summed E-state index contributed by atoms with van der Waals surface area (Å²) >= 11 is 0. The van der Waals surface area contributed by atoms with Crippen LogP contribution in [0.5, 0.6) is 5.75 Å². The van der Waals surface area contributed by atoms with Gasteiger partial charge in [-0.15, -0.1) is 0 Å². The number of rotatable bonds is 5. The van der Waals surface area contributed by atoms with Crippen LogP contribution < -0.4 is 4.74 Å². The summed E-state index contributed by atoms with van der Waals surface area (Å²) in [6.45, 7) is 0.400. The Kier molecular flexibility index (Phi) is 4.54. The molecule has 0 fully saturated rings. The number of pyridine rings is 1. The molecule has 132 valence electrons. The van der Waals surface area contributed by atoms with Crippen molar-refractivity contribution in [2.24, 2.45) is 0 Å². The first kappa shape index (κ1) is 16.8. The summed E-state index contributed by atoms with van der Waals surface area (Å²) in [7, 11) is 0. The first-order chi connectivity index (χ1) is 13.2. The zero-order valence-corrected chi connectivity index (χ0v) is 14.5. The van der Waals surface area contributed by atoms with Crippen LogP contribution in [-0.2, 0) is 6.61 Å². The molecule has 0 amide bonds. The SMILES string of the molecule is O=C(O)c1ccc(-c2ccc(OCc3ccc4ccccc4n3)cc2)cc1. The van der Waals surface area contributed by atoms with E-state index in [4.69, 9.17) is 9.84 Å². The molecule has 1 aromatic heterocycles. The van der Waals surface area contributed by atoms with Gasteiger partial charge in [0.05, 0.1) is 16.8 Å². The molecule has 0 aliphatic rings. The summed E-state index contributed by atoms with van der Waals surface area (Å²) < 4.78 is 5.84. The fourth-order valence-corrected chi connectivity index (χ4v) is 2.89. The third kappa shape index (κ3) is 3.80. The number of aromatic carboxylic acids is 1. The Morgan fingerprint density at radius 2 is 1.48 bits per heavy atom. The first-order valence-electron chi connectivity index (χ1n) is 8.60. The van der Waals surface area contributed by atoms with Gasteiger partial charge in [-0.2, -0.15) is 0 Å². The van der Waals surface area contributed by atoms with E-state index in [1.807, 2.05) is 60.7 Å². The summed E-state index contributed by atoms with van der Waals surface area (Å²) in [5.41, 5.74) is 4.08. The van der Waals surface area contributed by atoms with Crippen molar-refractivity contribution in [1.29, 1.82) is 0 Å². The van der Waals surface area contributed by atoms with Crippen molar-refractivity contribution in [3.63, 3.8) is 0 Å². The number of carboxylic acid groups (broad SMARTS) is 1. The Labute approximate surface area is 156 Å². The van der Waals surface area contributed by atoms with E-state index in [9.17, 15) is 4.79 Å². The van der Waals surface area contributed by atoms with Crippen LogP contribution in [0, 0.1) is 0 Å². The Hall–Kier alpha value is -3.66. The number of hydrogen-bond acceptors (Lipinski definition) is 3. The van der Waals surface area contributed by atoms with E-state index in [-0.39, 0.29) is 5.56 Å². The van der Waals surface area contributed by atoms with Gasteiger partial charge in [0.15, 0.2) is 0 Å². The Balaban J connectivity index is 1.44. The number of nitrogens with zero attached hydrogens (tertiary/aromatic N) is 1. The Bertz CT molecular complexity index is 1090. The highest BCUT2D eigenvalue weighted by Crippen LogP contribution is 2.23. The number of aromatic nitrogens is 1. The van der Waals surface area contributed by atoms with Crippen molar-refractivity contribution in [2.45, 2.75) is 6.61 Å². The molecule has 0 saturated carbocycles. The highest BCUT2D eigenvalue weighted by molar-refractivity contribution is 5.88. The van der Waals surface area contributed by atoms with E-state index >= 15 is 0 Å². The molecule has 0 spiro atoms. The average Bonchev–Trinajstić information content (AvgIpc) is 2.72. The third-order valence-electron chi connectivity index (χ3n) is 4.36. The van der Waals surface area contributed by atoms with Crippen molar-refractivity contribution in [1.82, 2.24) is 4.98 Å². The molecule has 1 N–H and O–H groups in total. The number of fused-ring (bicyclic) bond motifs is 1. The van der Waals surface area contributed by atoms with Crippen LogP contribution >= 0.6 is 0 Å². The van der Waals surface area contributed by atoms with Gasteiger partial charge in [0.1, 0.15) is 12.4 Å². The van der Waals surface area contributed by atoms with Crippen LogP contribution in [0.1, 0.15) is 16.1 Å². The second kappa shape index (κ2) is 7.30. The normalized spacial score (nSPS) is 10.7. The fraction of sp³-hybridized carbons (Fsp3) is 0.0435. The Morgan fingerprint density at radius 3 is 2.19 bits per heavy atom. The minimum absolute atomic E-state index is 0.279. The van der Waals surface area contributed by atoms with Crippen molar-refractivity contribution in [3.05, 3.63) is 96.2 Å². The summed E-state index contributed by atoms with van der Waals surface area (Å²) in [4.78, 5) is 15.5. The summed E-state index contributed by atoms with van der Waals surface area (Å²) in [6.07, 6.45) is 0. The van der Waals surface area contributed by atoms with Gasteiger partial charge >= 0.3 is 5.97 Å². The minimum Gasteiger partial charge on any atom is -0.487 e. The molecule has 0 aliphatic carbocycles. The van der Waals surface area contributed by atoms with Crippen LogP contribution in [0.15, 0.2) is 84.9 Å². The van der Waals surface area contributed by atoms with E-state index in [1.54, 1.807) is 24.3 Å². The molecule has 4 rings (SSSR count). The van der Waals surface area contributed by atoms with E-state index in [0.29, 0.717) is 6.61 Å². The number of carbonyl (C=O) groups is 1. The molecule has 3 aromatic carbocycles. The first-order valence-corrected chi connectivity index (χ1v) is 8.60. The van der Waals surface area contributed by atoms with Crippen molar-refractivity contribution < 1.29 is 14.6 Å². The molecule has 1 heterocycles. The van der Waals surface area contributed by atoms with Crippen molar-refractivity contribution >= 4 is 16.9 Å². The van der Waals surface area contributed by atoms with Crippen LogP contribution in [0.2, 0.25) is 0 Å². The molecule has 0 atom stereocenters. The molecule has 0 aliphatic heterocycles. The number of ether oxygens (including phenoxy) is 1. The number of hydrogen-bond donors (Lipinski definition) is 1. The predicted octanol–water partition coefficient (Wildman–Crippen LogP) is 5.18. The van der Waals surface area contributed by atoms with Gasteiger partial charge in [0, 0.05) is 5.39 Å². The molecule has 0 bridgehead atoms. The predicted molar refractivity (Wildman–Crippen MR) is 105 cm³/mol. The summed E-state index contributed by atoms with van der Waals surface area (Å²) in [6, 6.07) is 26.6. The van der Waals surface area contributed by atoms with Gasteiger partial charge in [-0.3, -0.25) is 0 Å². The van der Waals surface area contributed by atoms with Crippen molar-refractivity contribution in [3.8, 4) is 16.9 Å². The maximum absolute atomic E-state index is 10.9. The maximum Gasteiger partial charge on any atom is 0.335 e. The van der Waals surface area contributed by atoms with Gasteiger partial charge in [0.25, 0.3) is 0 Å². The number of para-hydroxylation sites is 1. The Morgan fingerprint density at radius 1 is 0.815 bits per heavy atom. The quantitative estimate of drug-likeness (QED) is 0.536.